The number of hydrogen-bond donors (Lipinski definition) is 3. The Hall–Kier alpha value is -1.14. The maximum atomic E-state index is 11.6. The molecule has 1 fully saturated rings. The number of aliphatic carboxylic acids is 1. The Morgan fingerprint density at radius 2 is 2.06 bits per heavy atom. The van der Waals surface area contributed by atoms with Crippen molar-refractivity contribution in [2.45, 2.75) is 44.4 Å². The van der Waals surface area contributed by atoms with Crippen molar-refractivity contribution in [3.8, 4) is 0 Å². The number of carbonyl (C=O) groups excluding carboxylic acids is 1. The molecule has 3 atom stereocenters. The van der Waals surface area contributed by atoms with Gasteiger partial charge in [-0.25, -0.2) is 4.79 Å². The molecule has 16 heavy (non-hydrogen) atoms. The smallest absolute Gasteiger partial charge is 0.332 e. The molecule has 0 aliphatic carbocycles. The Morgan fingerprint density at radius 3 is 2.56 bits per heavy atom. The fourth-order valence-corrected chi connectivity index (χ4v) is 1.61. The molecule has 1 aliphatic rings. The van der Waals surface area contributed by atoms with Gasteiger partial charge in [-0.3, -0.25) is 4.79 Å². The number of nitrogens with one attached hydrogen (secondary N) is 1. The van der Waals surface area contributed by atoms with Gasteiger partial charge in [0, 0.05) is 12.6 Å². The van der Waals surface area contributed by atoms with Crippen LogP contribution in [0, 0.1) is 0 Å². The van der Waals surface area contributed by atoms with Crippen LogP contribution in [0.2, 0.25) is 0 Å². The highest BCUT2D eigenvalue weighted by Crippen LogP contribution is 2.20. The van der Waals surface area contributed by atoms with Gasteiger partial charge in [0.2, 0.25) is 5.91 Å². The van der Waals surface area contributed by atoms with Gasteiger partial charge in [-0.2, -0.15) is 0 Å². The van der Waals surface area contributed by atoms with Gasteiger partial charge in [-0.05, 0) is 26.2 Å². The van der Waals surface area contributed by atoms with Gasteiger partial charge in [0.05, 0.1) is 0 Å². The summed E-state index contributed by atoms with van der Waals surface area (Å²) in [6.45, 7) is 1.78. The maximum absolute atomic E-state index is 11.6. The van der Waals surface area contributed by atoms with E-state index in [1.807, 2.05) is 0 Å². The first-order valence-corrected chi connectivity index (χ1v) is 5.34. The highest BCUT2D eigenvalue weighted by molar-refractivity contribution is 5.82. The third-order valence-corrected chi connectivity index (χ3v) is 2.54. The van der Waals surface area contributed by atoms with E-state index >= 15 is 0 Å². The highest BCUT2D eigenvalue weighted by atomic mass is 16.5. The van der Waals surface area contributed by atoms with E-state index in [1.165, 1.54) is 0 Å². The van der Waals surface area contributed by atoms with Crippen LogP contribution in [-0.2, 0) is 14.3 Å². The SMILES string of the molecule is CC(CCO)NC(=O)C1CCC(C(=O)O)O1. The molecule has 92 valence electrons. The zero-order chi connectivity index (χ0) is 12.1. The molecule has 0 aromatic carbocycles. The van der Waals surface area contributed by atoms with Crippen LogP contribution < -0.4 is 5.32 Å². The molecule has 1 aliphatic heterocycles. The molecule has 3 unspecified atom stereocenters. The summed E-state index contributed by atoms with van der Waals surface area (Å²) < 4.78 is 5.09. The molecule has 1 saturated heterocycles. The van der Waals surface area contributed by atoms with Gasteiger partial charge in [0.1, 0.15) is 6.10 Å². The van der Waals surface area contributed by atoms with Crippen LogP contribution in [0.1, 0.15) is 26.2 Å². The van der Waals surface area contributed by atoms with Crippen LogP contribution in [0.3, 0.4) is 0 Å². The molecule has 0 spiro atoms. The molecule has 1 amide bonds. The predicted octanol–water partition coefficient (Wildman–Crippen LogP) is -0.494. The van der Waals surface area contributed by atoms with Crippen molar-refractivity contribution in [2.75, 3.05) is 6.61 Å². The average molecular weight is 231 g/mol. The lowest BCUT2D eigenvalue weighted by Gasteiger charge is -2.16. The summed E-state index contributed by atoms with van der Waals surface area (Å²) in [6.07, 6.45) is -0.289. The van der Waals surface area contributed by atoms with Crippen molar-refractivity contribution in [2.24, 2.45) is 0 Å². The second-order valence-corrected chi connectivity index (χ2v) is 3.95. The van der Waals surface area contributed by atoms with Crippen molar-refractivity contribution in [3.05, 3.63) is 0 Å². The van der Waals surface area contributed by atoms with Gasteiger partial charge >= 0.3 is 5.97 Å². The van der Waals surface area contributed by atoms with Gasteiger partial charge in [-0.1, -0.05) is 0 Å². The van der Waals surface area contributed by atoms with Crippen molar-refractivity contribution < 1.29 is 24.5 Å². The van der Waals surface area contributed by atoms with E-state index < -0.39 is 18.2 Å². The second kappa shape index (κ2) is 5.81. The summed E-state index contributed by atoms with van der Waals surface area (Å²) in [5, 5.41) is 20.0. The number of aliphatic hydroxyl groups excluding tert-OH is 1. The summed E-state index contributed by atoms with van der Waals surface area (Å²) in [5.74, 6) is -1.33. The van der Waals surface area contributed by atoms with Gasteiger partial charge in [0.25, 0.3) is 0 Å². The number of carbonyl (C=O) groups is 2. The Labute approximate surface area is 93.6 Å². The minimum atomic E-state index is -1.03. The van der Waals surface area contributed by atoms with Crippen molar-refractivity contribution in [3.63, 3.8) is 0 Å². The van der Waals surface area contributed by atoms with E-state index in [0.29, 0.717) is 19.3 Å². The Kier molecular flexibility index (Phi) is 4.70. The lowest BCUT2D eigenvalue weighted by molar-refractivity contribution is -0.151. The normalized spacial score (nSPS) is 26.4. The molecule has 0 aromatic rings. The van der Waals surface area contributed by atoms with E-state index in [9.17, 15) is 9.59 Å². The molecule has 6 nitrogen and oxygen atoms in total. The van der Waals surface area contributed by atoms with Gasteiger partial charge in [-0.15, -0.1) is 0 Å². The molecule has 1 rings (SSSR count). The van der Waals surface area contributed by atoms with Crippen molar-refractivity contribution in [1.82, 2.24) is 5.32 Å². The second-order valence-electron chi connectivity index (χ2n) is 3.95. The van der Waals surface area contributed by atoms with E-state index in [0.717, 1.165) is 0 Å². The zero-order valence-corrected chi connectivity index (χ0v) is 9.18. The highest BCUT2D eigenvalue weighted by Gasteiger charge is 2.34. The molecule has 6 heteroatoms. The number of hydrogen-bond acceptors (Lipinski definition) is 4. The fourth-order valence-electron chi connectivity index (χ4n) is 1.61. The topological polar surface area (TPSA) is 95.9 Å². The molecule has 0 saturated carbocycles. The third-order valence-electron chi connectivity index (χ3n) is 2.54. The van der Waals surface area contributed by atoms with Crippen molar-refractivity contribution >= 4 is 11.9 Å². The summed E-state index contributed by atoms with van der Waals surface area (Å²) >= 11 is 0. The van der Waals surface area contributed by atoms with Crippen LogP contribution in [0.15, 0.2) is 0 Å². The van der Waals surface area contributed by atoms with Crippen LogP contribution in [0.5, 0.6) is 0 Å². The Balaban J connectivity index is 2.36. The summed E-state index contributed by atoms with van der Waals surface area (Å²) in [7, 11) is 0. The predicted molar refractivity (Wildman–Crippen MR) is 54.8 cm³/mol. The molecule has 1 heterocycles. The number of amides is 1. The van der Waals surface area contributed by atoms with E-state index in [4.69, 9.17) is 14.9 Å². The molecular formula is C10H17NO5. The van der Waals surface area contributed by atoms with E-state index in [1.54, 1.807) is 6.92 Å². The van der Waals surface area contributed by atoms with Crippen LogP contribution >= 0.6 is 0 Å². The molecule has 0 aromatic heterocycles. The number of carboxylic acid groups (broad SMARTS) is 1. The van der Waals surface area contributed by atoms with Crippen LogP contribution in [0.4, 0.5) is 0 Å². The third kappa shape index (κ3) is 3.46. The fraction of sp³-hybridized carbons (Fsp3) is 0.800. The monoisotopic (exact) mass is 231 g/mol. The first-order valence-electron chi connectivity index (χ1n) is 5.34. The van der Waals surface area contributed by atoms with Gasteiger partial charge in [0.15, 0.2) is 6.10 Å². The quantitative estimate of drug-likeness (QED) is 0.593. The standard InChI is InChI=1S/C10H17NO5/c1-6(4-5-12)11-9(13)7-2-3-8(16-7)10(14)15/h6-8,12H,2-5H2,1H3,(H,11,13)(H,14,15). The lowest BCUT2D eigenvalue weighted by Crippen LogP contribution is -2.40. The first kappa shape index (κ1) is 12.9. The van der Waals surface area contributed by atoms with E-state index in [-0.39, 0.29) is 18.6 Å². The Bertz CT molecular complexity index is 268. The maximum Gasteiger partial charge on any atom is 0.332 e. The van der Waals surface area contributed by atoms with Crippen LogP contribution in [0.25, 0.3) is 0 Å². The molecule has 3 N–H and O–H groups in total. The number of ether oxygens (including phenoxy) is 1. The molecule has 0 radical (unpaired) electrons. The van der Waals surface area contributed by atoms with Gasteiger partial charge < -0.3 is 20.3 Å². The molecule has 0 bridgehead atoms. The number of carboxylic acids is 1. The summed E-state index contributed by atoms with van der Waals surface area (Å²) in [6, 6.07) is -0.134. The minimum Gasteiger partial charge on any atom is -0.479 e. The number of aliphatic hydroxyl groups is 1. The van der Waals surface area contributed by atoms with Crippen LogP contribution in [-0.4, -0.2) is 46.9 Å². The molecular weight excluding hydrogens is 214 g/mol. The average Bonchev–Trinajstić information content (AvgIpc) is 2.66. The largest absolute Gasteiger partial charge is 0.479 e. The summed E-state index contributed by atoms with van der Waals surface area (Å²) in [4.78, 5) is 22.2. The Morgan fingerprint density at radius 1 is 1.44 bits per heavy atom. The first-order chi connectivity index (χ1) is 7.54. The van der Waals surface area contributed by atoms with Crippen molar-refractivity contribution in [1.29, 1.82) is 0 Å². The minimum absolute atomic E-state index is 0.00468. The van der Waals surface area contributed by atoms with E-state index in [2.05, 4.69) is 5.32 Å². The zero-order valence-electron chi connectivity index (χ0n) is 9.18. The summed E-state index contributed by atoms with van der Waals surface area (Å²) in [5.41, 5.74) is 0. The lowest BCUT2D eigenvalue weighted by atomic mass is 10.1. The number of rotatable bonds is 5.